The standard InChI is InChI=1S/C7H10N2O3S/c1-2-12-6(11)5(10)9-7-8-3-4-13-7/h2-4H2,1H3,(H,8,9,10). The predicted octanol–water partition coefficient (Wildman–Crippen LogP) is -0.231. The molecule has 0 saturated heterocycles. The molecule has 0 saturated carbocycles. The second-order valence-corrected chi connectivity index (χ2v) is 3.29. The number of amides is 1. The van der Waals surface area contributed by atoms with E-state index in [0.717, 1.165) is 5.75 Å². The smallest absolute Gasteiger partial charge is 0.397 e. The summed E-state index contributed by atoms with van der Waals surface area (Å²) in [5.74, 6) is -0.772. The van der Waals surface area contributed by atoms with Gasteiger partial charge in [-0.1, -0.05) is 11.8 Å². The molecule has 72 valence electrons. The van der Waals surface area contributed by atoms with Gasteiger partial charge in [0.2, 0.25) is 0 Å². The Balaban J connectivity index is 2.35. The Morgan fingerprint density at radius 3 is 3.00 bits per heavy atom. The van der Waals surface area contributed by atoms with Crippen LogP contribution in [0.4, 0.5) is 0 Å². The molecule has 0 aromatic rings. The minimum absolute atomic E-state index is 0.200. The molecule has 0 atom stereocenters. The summed E-state index contributed by atoms with van der Waals surface area (Å²) in [6, 6.07) is 0. The molecule has 1 amide bonds. The Kier molecular flexibility index (Phi) is 3.75. The summed E-state index contributed by atoms with van der Waals surface area (Å²) in [4.78, 5) is 25.8. The Morgan fingerprint density at radius 1 is 1.69 bits per heavy atom. The van der Waals surface area contributed by atoms with Crippen molar-refractivity contribution in [2.24, 2.45) is 4.99 Å². The molecule has 0 aromatic carbocycles. The molecule has 13 heavy (non-hydrogen) atoms. The summed E-state index contributed by atoms with van der Waals surface area (Å²) in [7, 11) is 0. The first-order valence-electron chi connectivity index (χ1n) is 3.89. The first-order valence-corrected chi connectivity index (χ1v) is 4.88. The van der Waals surface area contributed by atoms with Crippen molar-refractivity contribution in [3.05, 3.63) is 0 Å². The lowest BCUT2D eigenvalue weighted by Crippen LogP contribution is -2.35. The fourth-order valence-corrected chi connectivity index (χ4v) is 1.48. The van der Waals surface area contributed by atoms with Gasteiger partial charge in [-0.05, 0) is 6.92 Å². The van der Waals surface area contributed by atoms with Crippen molar-refractivity contribution in [2.45, 2.75) is 6.92 Å². The number of carbonyl (C=O) groups excluding carboxylic acids is 2. The summed E-state index contributed by atoms with van der Waals surface area (Å²) in [5.41, 5.74) is 0. The topological polar surface area (TPSA) is 67.8 Å². The molecular weight excluding hydrogens is 192 g/mol. The summed E-state index contributed by atoms with van der Waals surface area (Å²) >= 11 is 1.42. The van der Waals surface area contributed by atoms with Crippen LogP contribution in [0.2, 0.25) is 0 Å². The lowest BCUT2D eigenvalue weighted by Gasteiger charge is -2.02. The number of thioether (sulfide) groups is 1. The van der Waals surface area contributed by atoms with Crippen molar-refractivity contribution >= 4 is 28.8 Å². The zero-order chi connectivity index (χ0) is 9.68. The van der Waals surface area contributed by atoms with Crippen molar-refractivity contribution < 1.29 is 14.3 Å². The Labute approximate surface area is 79.9 Å². The van der Waals surface area contributed by atoms with Gasteiger partial charge in [0.1, 0.15) is 0 Å². The van der Waals surface area contributed by atoms with E-state index >= 15 is 0 Å². The fourth-order valence-electron chi connectivity index (χ4n) is 0.756. The average Bonchev–Trinajstić information content (AvgIpc) is 2.57. The first kappa shape index (κ1) is 10.0. The maximum Gasteiger partial charge on any atom is 0.397 e. The van der Waals surface area contributed by atoms with Crippen molar-refractivity contribution in [3.63, 3.8) is 0 Å². The van der Waals surface area contributed by atoms with Crippen LogP contribution in [0.3, 0.4) is 0 Å². The number of nitrogens with one attached hydrogen (secondary N) is 1. The van der Waals surface area contributed by atoms with Gasteiger partial charge in [-0.25, -0.2) is 4.79 Å². The van der Waals surface area contributed by atoms with Crippen LogP contribution in [0.15, 0.2) is 4.99 Å². The molecular formula is C7H10N2O3S. The molecule has 0 spiro atoms. The number of hydrogen-bond acceptors (Lipinski definition) is 5. The summed E-state index contributed by atoms with van der Waals surface area (Å²) in [5, 5.41) is 2.86. The van der Waals surface area contributed by atoms with Gasteiger partial charge in [0.15, 0.2) is 5.17 Å². The van der Waals surface area contributed by atoms with Crippen LogP contribution in [0, 0.1) is 0 Å². The normalized spacial score (nSPS) is 15.0. The number of amidine groups is 1. The number of ether oxygens (including phenoxy) is 1. The van der Waals surface area contributed by atoms with Gasteiger partial charge >= 0.3 is 11.9 Å². The molecule has 6 heteroatoms. The van der Waals surface area contributed by atoms with Gasteiger partial charge in [-0.15, -0.1) is 0 Å². The largest absolute Gasteiger partial charge is 0.459 e. The van der Waals surface area contributed by atoms with E-state index in [0.29, 0.717) is 11.7 Å². The monoisotopic (exact) mass is 202 g/mol. The van der Waals surface area contributed by atoms with Crippen molar-refractivity contribution in [2.75, 3.05) is 18.9 Å². The highest BCUT2D eigenvalue weighted by atomic mass is 32.2. The van der Waals surface area contributed by atoms with Crippen LogP contribution in [0.25, 0.3) is 0 Å². The van der Waals surface area contributed by atoms with E-state index in [-0.39, 0.29) is 6.61 Å². The molecule has 1 heterocycles. The van der Waals surface area contributed by atoms with Gasteiger partial charge in [0.05, 0.1) is 13.2 Å². The number of hydrogen-bond donors (Lipinski definition) is 1. The van der Waals surface area contributed by atoms with Gasteiger partial charge in [0.25, 0.3) is 0 Å². The van der Waals surface area contributed by atoms with Crippen LogP contribution < -0.4 is 5.32 Å². The second-order valence-electron chi connectivity index (χ2n) is 2.21. The highest BCUT2D eigenvalue weighted by molar-refractivity contribution is 8.14. The number of carbonyl (C=O) groups is 2. The van der Waals surface area contributed by atoms with E-state index in [1.807, 2.05) is 0 Å². The first-order chi connectivity index (χ1) is 6.24. The van der Waals surface area contributed by atoms with E-state index < -0.39 is 11.9 Å². The van der Waals surface area contributed by atoms with Crippen LogP contribution in [0.1, 0.15) is 6.92 Å². The molecule has 0 aromatic heterocycles. The fraction of sp³-hybridized carbons (Fsp3) is 0.571. The summed E-state index contributed by atoms with van der Waals surface area (Å²) in [6.45, 7) is 2.53. The quantitative estimate of drug-likeness (QED) is 0.471. The van der Waals surface area contributed by atoms with Gasteiger partial charge < -0.3 is 4.74 Å². The highest BCUT2D eigenvalue weighted by Gasteiger charge is 2.18. The SMILES string of the molecule is CCOC(=O)C(=O)NC1=NCCS1. The lowest BCUT2D eigenvalue weighted by molar-refractivity contribution is -0.153. The van der Waals surface area contributed by atoms with Crippen LogP contribution >= 0.6 is 11.8 Å². The zero-order valence-electron chi connectivity index (χ0n) is 7.20. The molecule has 0 fully saturated rings. The van der Waals surface area contributed by atoms with Gasteiger partial charge in [-0.3, -0.25) is 15.1 Å². The van der Waals surface area contributed by atoms with Gasteiger partial charge in [-0.2, -0.15) is 0 Å². The summed E-state index contributed by atoms with van der Waals surface area (Å²) in [6.07, 6.45) is 0. The number of esters is 1. The Hall–Kier alpha value is -1.04. The van der Waals surface area contributed by atoms with E-state index in [2.05, 4.69) is 15.0 Å². The van der Waals surface area contributed by atoms with Crippen molar-refractivity contribution in [3.8, 4) is 0 Å². The van der Waals surface area contributed by atoms with E-state index in [1.165, 1.54) is 11.8 Å². The van der Waals surface area contributed by atoms with E-state index in [1.54, 1.807) is 6.92 Å². The molecule has 1 rings (SSSR count). The molecule has 1 aliphatic rings. The Bertz CT molecular complexity index is 252. The van der Waals surface area contributed by atoms with E-state index in [4.69, 9.17) is 0 Å². The number of rotatable bonds is 1. The number of nitrogens with zero attached hydrogens (tertiary/aromatic N) is 1. The third-order valence-corrected chi connectivity index (χ3v) is 2.16. The number of aliphatic imine (C=N–C) groups is 1. The molecule has 1 N–H and O–H groups in total. The lowest BCUT2D eigenvalue weighted by atomic mass is 10.6. The van der Waals surface area contributed by atoms with Crippen LogP contribution in [0.5, 0.6) is 0 Å². The van der Waals surface area contributed by atoms with Crippen molar-refractivity contribution in [1.82, 2.24) is 5.32 Å². The summed E-state index contributed by atoms with van der Waals surface area (Å²) < 4.78 is 4.50. The molecule has 0 unspecified atom stereocenters. The third-order valence-electron chi connectivity index (χ3n) is 1.27. The third kappa shape index (κ3) is 3.06. The minimum Gasteiger partial charge on any atom is -0.459 e. The molecule has 5 nitrogen and oxygen atoms in total. The maximum absolute atomic E-state index is 11.0. The molecule has 0 radical (unpaired) electrons. The molecule has 0 bridgehead atoms. The predicted molar refractivity (Wildman–Crippen MR) is 49.5 cm³/mol. The van der Waals surface area contributed by atoms with Gasteiger partial charge in [0, 0.05) is 5.75 Å². The molecule has 0 aliphatic carbocycles. The second kappa shape index (κ2) is 4.86. The van der Waals surface area contributed by atoms with Crippen molar-refractivity contribution in [1.29, 1.82) is 0 Å². The van der Waals surface area contributed by atoms with Crippen LogP contribution in [-0.4, -0.2) is 35.9 Å². The maximum atomic E-state index is 11.0. The Morgan fingerprint density at radius 2 is 2.46 bits per heavy atom. The average molecular weight is 202 g/mol. The zero-order valence-corrected chi connectivity index (χ0v) is 8.02. The van der Waals surface area contributed by atoms with E-state index in [9.17, 15) is 9.59 Å². The minimum atomic E-state index is -0.863. The van der Waals surface area contributed by atoms with Crippen LogP contribution in [-0.2, 0) is 14.3 Å². The molecule has 1 aliphatic heterocycles. The highest BCUT2D eigenvalue weighted by Crippen LogP contribution is 2.08.